The van der Waals surface area contributed by atoms with Crippen molar-refractivity contribution in [3.63, 3.8) is 0 Å². The Morgan fingerprint density at radius 1 is 1.47 bits per heavy atom. The zero-order valence-electron chi connectivity index (χ0n) is 12.7. The summed E-state index contributed by atoms with van der Waals surface area (Å²) in [5.74, 6) is 0.0924. The van der Waals surface area contributed by atoms with Crippen LogP contribution < -0.4 is 0 Å². The van der Waals surface area contributed by atoms with Crippen molar-refractivity contribution >= 4 is 0 Å². The van der Waals surface area contributed by atoms with Crippen LogP contribution in [-0.4, -0.2) is 25.9 Å². The second-order valence-electron chi connectivity index (χ2n) is 6.73. The summed E-state index contributed by atoms with van der Waals surface area (Å²) in [6, 6.07) is 0. The third-order valence-electron chi connectivity index (χ3n) is 4.04. The minimum Gasteiger partial charge on any atom is -0.386 e. The number of imidazole rings is 1. The van der Waals surface area contributed by atoms with E-state index in [9.17, 15) is 5.11 Å². The molecule has 4 heteroatoms. The molecule has 1 aliphatic rings. The van der Waals surface area contributed by atoms with E-state index in [-0.39, 0.29) is 17.1 Å². The van der Waals surface area contributed by atoms with Gasteiger partial charge in [0.1, 0.15) is 6.10 Å². The van der Waals surface area contributed by atoms with Gasteiger partial charge in [0.25, 0.3) is 0 Å². The fraction of sp³-hybridized carbons (Fsp3) is 0.800. The number of hydrogen-bond donors (Lipinski definition) is 1. The molecule has 2 atom stereocenters. The number of aliphatic hydroxyl groups excluding tert-OH is 1. The first-order chi connectivity index (χ1) is 8.77. The summed E-state index contributed by atoms with van der Waals surface area (Å²) in [7, 11) is 0. The van der Waals surface area contributed by atoms with E-state index in [0.717, 1.165) is 25.1 Å². The normalized spacial score (nSPS) is 26.5. The molecule has 19 heavy (non-hydrogen) atoms. The first-order valence-corrected chi connectivity index (χ1v) is 7.15. The topological polar surface area (TPSA) is 47.3 Å². The molecule has 4 nitrogen and oxygen atoms in total. The molecule has 1 N–H and O–H groups in total. The van der Waals surface area contributed by atoms with Gasteiger partial charge >= 0.3 is 0 Å². The molecular weight excluding hydrogens is 240 g/mol. The summed E-state index contributed by atoms with van der Waals surface area (Å²) in [6.07, 6.45) is 4.95. The predicted molar refractivity (Wildman–Crippen MR) is 74.8 cm³/mol. The number of ether oxygens (including phenoxy) is 1. The summed E-state index contributed by atoms with van der Waals surface area (Å²) in [5, 5.41) is 10.7. The van der Waals surface area contributed by atoms with Crippen molar-refractivity contribution in [1.29, 1.82) is 0 Å². The number of nitrogens with zero attached hydrogens (tertiary/aromatic N) is 2. The van der Waals surface area contributed by atoms with Crippen LogP contribution in [0.15, 0.2) is 12.5 Å². The Balaban J connectivity index is 2.24. The van der Waals surface area contributed by atoms with Crippen LogP contribution in [0.2, 0.25) is 0 Å². The Hall–Kier alpha value is -0.870. The molecule has 0 saturated carbocycles. The van der Waals surface area contributed by atoms with Crippen LogP contribution in [0.1, 0.15) is 59.3 Å². The highest BCUT2D eigenvalue weighted by atomic mass is 16.5. The second kappa shape index (κ2) is 4.91. The maximum absolute atomic E-state index is 10.7. The lowest BCUT2D eigenvalue weighted by atomic mass is 9.82. The Morgan fingerprint density at radius 2 is 2.16 bits per heavy atom. The molecule has 1 saturated heterocycles. The van der Waals surface area contributed by atoms with Crippen molar-refractivity contribution in [2.45, 2.75) is 71.3 Å². The predicted octanol–water partition coefficient (Wildman–Crippen LogP) is 2.92. The molecule has 0 spiro atoms. The molecule has 2 rings (SSSR count). The molecule has 0 aliphatic carbocycles. The van der Waals surface area contributed by atoms with Crippen LogP contribution in [0.4, 0.5) is 0 Å². The summed E-state index contributed by atoms with van der Waals surface area (Å²) in [6.45, 7) is 11.3. The van der Waals surface area contributed by atoms with Gasteiger partial charge in [-0.25, -0.2) is 4.98 Å². The van der Waals surface area contributed by atoms with Crippen molar-refractivity contribution in [2.75, 3.05) is 0 Å². The molecule has 1 aliphatic heterocycles. The zero-order chi connectivity index (χ0) is 14.3. The first kappa shape index (κ1) is 14.5. The summed E-state index contributed by atoms with van der Waals surface area (Å²) in [4.78, 5) is 4.18. The fourth-order valence-electron chi connectivity index (χ4n) is 3.31. The van der Waals surface area contributed by atoms with Gasteiger partial charge in [-0.3, -0.25) is 0 Å². The Kier molecular flexibility index (Phi) is 3.76. The summed E-state index contributed by atoms with van der Waals surface area (Å²) in [5.41, 5.74) is 0.413. The fourth-order valence-corrected chi connectivity index (χ4v) is 3.31. The van der Waals surface area contributed by atoms with Gasteiger partial charge in [0.15, 0.2) is 0 Å². The molecule has 1 aromatic heterocycles. The lowest BCUT2D eigenvalue weighted by Gasteiger charge is -2.30. The van der Waals surface area contributed by atoms with E-state index in [2.05, 4.69) is 39.6 Å². The third kappa shape index (κ3) is 2.84. The minimum absolute atomic E-state index is 0.0924. The molecule has 2 unspecified atom stereocenters. The maximum atomic E-state index is 10.7. The number of aryl methyl sites for hydroxylation is 1. The maximum Gasteiger partial charge on any atom is 0.101 e. The Labute approximate surface area is 115 Å². The highest BCUT2D eigenvalue weighted by molar-refractivity contribution is 5.09. The molecule has 108 valence electrons. The SMILES string of the molecule is CCCn1cncc1C(O)C1CC(C)(C)OC1(C)C. The van der Waals surface area contributed by atoms with Crippen LogP contribution in [0, 0.1) is 5.92 Å². The van der Waals surface area contributed by atoms with Gasteiger partial charge in [-0.1, -0.05) is 6.92 Å². The number of hydrogen-bond acceptors (Lipinski definition) is 3. The van der Waals surface area contributed by atoms with Crippen LogP contribution in [-0.2, 0) is 11.3 Å². The Bertz CT molecular complexity index is 437. The quantitative estimate of drug-likeness (QED) is 0.911. The van der Waals surface area contributed by atoms with E-state index < -0.39 is 6.10 Å². The smallest absolute Gasteiger partial charge is 0.101 e. The van der Waals surface area contributed by atoms with E-state index >= 15 is 0 Å². The van der Waals surface area contributed by atoms with Gasteiger partial charge in [0, 0.05) is 12.5 Å². The highest BCUT2D eigenvalue weighted by Crippen LogP contribution is 2.47. The average molecular weight is 266 g/mol. The van der Waals surface area contributed by atoms with Gasteiger partial charge in [0.2, 0.25) is 0 Å². The van der Waals surface area contributed by atoms with Gasteiger partial charge in [-0.2, -0.15) is 0 Å². The van der Waals surface area contributed by atoms with Crippen molar-refractivity contribution < 1.29 is 9.84 Å². The monoisotopic (exact) mass is 266 g/mol. The summed E-state index contributed by atoms with van der Waals surface area (Å²) >= 11 is 0. The number of aliphatic hydroxyl groups is 1. The van der Waals surface area contributed by atoms with Crippen LogP contribution in [0.5, 0.6) is 0 Å². The van der Waals surface area contributed by atoms with Crippen molar-refractivity contribution in [2.24, 2.45) is 5.92 Å². The molecule has 1 fully saturated rings. The van der Waals surface area contributed by atoms with Gasteiger partial charge in [-0.05, 0) is 40.5 Å². The second-order valence-corrected chi connectivity index (χ2v) is 6.73. The van der Waals surface area contributed by atoms with E-state index in [1.54, 1.807) is 12.5 Å². The Morgan fingerprint density at radius 3 is 2.68 bits per heavy atom. The van der Waals surface area contributed by atoms with Gasteiger partial charge < -0.3 is 14.4 Å². The average Bonchev–Trinajstić information content (AvgIpc) is 2.80. The zero-order valence-corrected chi connectivity index (χ0v) is 12.7. The molecular formula is C15H26N2O2. The molecule has 0 radical (unpaired) electrons. The number of aromatic nitrogens is 2. The molecule has 2 heterocycles. The first-order valence-electron chi connectivity index (χ1n) is 7.15. The van der Waals surface area contributed by atoms with Crippen molar-refractivity contribution in [1.82, 2.24) is 9.55 Å². The highest BCUT2D eigenvalue weighted by Gasteiger charge is 2.49. The summed E-state index contributed by atoms with van der Waals surface area (Å²) < 4.78 is 8.13. The largest absolute Gasteiger partial charge is 0.386 e. The minimum atomic E-state index is -0.522. The lowest BCUT2D eigenvalue weighted by Crippen LogP contribution is -2.33. The number of rotatable bonds is 4. The van der Waals surface area contributed by atoms with Crippen LogP contribution in [0.25, 0.3) is 0 Å². The van der Waals surface area contributed by atoms with E-state index in [1.165, 1.54) is 0 Å². The van der Waals surface area contributed by atoms with Crippen LogP contribution in [0.3, 0.4) is 0 Å². The van der Waals surface area contributed by atoms with Crippen molar-refractivity contribution in [3.8, 4) is 0 Å². The van der Waals surface area contributed by atoms with Gasteiger partial charge in [-0.15, -0.1) is 0 Å². The third-order valence-corrected chi connectivity index (χ3v) is 4.04. The standard InChI is InChI=1S/C15H26N2O2/c1-6-7-17-10-16-9-12(17)13(18)11-8-14(2,3)19-15(11,4)5/h9-11,13,18H,6-8H2,1-5H3. The van der Waals surface area contributed by atoms with Gasteiger partial charge in [0.05, 0.1) is 29.4 Å². The van der Waals surface area contributed by atoms with Crippen LogP contribution >= 0.6 is 0 Å². The molecule has 0 aromatic carbocycles. The van der Waals surface area contributed by atoms with E-state index in [0.29, 0.717) is 0 Å². The molecule has 0 amide bonds. The van der Waals surface area contributed by atoms with E-state index in [1.807, 2.05) is 4.57 Å². The molecule has 0 bridgehead atoms. The molecule has 1 aromatic rings. The van der Waals surface area contributed by atoms with Crippen molar-refractivity contribution in [3.05, 3.63) is 18.2 Å². The lowest BCUT2D eigenvalue weighted by molar-refractivity contribution is -0.0887. The van der Waals surface area contributed by atoms with E-state index in [4.69, 9.17) is 4.74 Å².